The number of alkyl carbamates (subject to hydrolysis) is 1. The molecule has 1 fully saturated rings. The number of nitrogens with zero attached hydrogens (tertiary/aromatic N) is 1. The van der Waals surface area contributed by atoms with Gasteiger partial charge in [0.15, 0.2) is 0 Å². The lowest BCUT2D eigenvalue weighted by Gasteiger charge is -2.36. The summed E-state index contributed by atoms with van der Waals surface area (Å²) >= 11 is 1.68. The average Bonchev–Trinajstić information content (AvgIpc) is 3.52. The Bertz CT molecular complexity index is 1120. The van der Waals surface area contributed by atoms with Gasteiger partial charge in [0.05, 0.1) is 12.6 Å². The molecular formula is C37H66N4O5S. The monoisotopic (exact) mass is 678 g/mol. The van der Waals surface area contributed by atoms with Crippen molar-refractivity contribution in [2.75, 3.05) is 20.2 Å². The van der Waals surface area contributed by atoms with Gasteiger partial charge in [0.2, 0.25) is 11.8 Å². The summed E-state index contributed by atoms with van der Waals surface area (Å²) in [5.74, 6) is -0.649. The van der Waals surface area contributed by atoms with Gasteiger partial charge in [0, 0.05) is 11.4 Å². The van der Waals surface area contributed by atoms with E-state index in [-0.39, 0.29) is 18.4 Å². The Morgan fingerprint density at radius 1 is 1.02 bits per heavy atom. The number of amides is 3. The normalized spacial score (nSPS) is 15.4. The van der Waals surface area contributed by atoms with Crippen LogP contribution in [0.4, 0.5) is 4.79 Å². The molecule has 2 unspecified atom stereocenters. The lowest BCUT2D eigenvalue weighted by atomic mass is 9.85. The Kier molecular flexibility index (Phi) is 23.1. The lowest BCUT2D eigenvalue weighted by Crippen LogP contribution is -2.58. The third-order valence-corrected chi connectivity index (χ3v) is 7.87. The molecule has 5 N–H and O–H groups in total. The molecule has 10 heteroatoms. The van der Waals surface area contributed by atoms with E-state index in [1.54, 1.807) is 37.4 Å². The zero-order valence-corrected chi connectivity index (χ0v) is 32.6. The zero-order valence-electron chi connectivity index (χ0n) is 31.7. The molecular weight excluding hydrogens is 612 g/mol. The number of aliphatic hydroxyl groups is 1. The molecule has 0 bridgehead atoms. The molecule has 47 heavy (non-hydrogen) atoms. The first kappa shape index (κ1) is 46.3. The first-order valence-corrected chi connectivity index (χ1v) is 17.9. The van der Waals surface area contributed by atoms with Crippen LogP contribution in [-0.2, 0) is 14.3 Å². The summed E-state index contributed by atoms with van der Waals surface area (Å²) in [6.45, 7) is 25.3. The van der Waals surface area contributed by atoms with Crippen LogP contribution in [0, 0.1) is 5.41 Å². The number of thioether (sulfide) groups is 1. The molecule has 3 atom stereocenters. The van der Waals surface area contributed by atoms with Crippen molar-refractivity contribution in [2.45, 2.75) is 133 Å². The molecule has 0 saturated carbocycles. The van der Waals surface area contributed by atoms with Crippen LogP contribution in [0.15, 0.2) is 41.3 Å². The van der Waals surface area contributed by atoms with Crippen LogP contribution in [0.3, 0.4) is 0 Å². The maximum Gasteiger partial charge on any atom is 0.408 e. The first-order chi connectivity index (χ1) is 22.1. The van der Waals surface area contributed by atoms with Crippen LogP contribution < -0.4 is 16.4 Å². The number of nitrogens with two attached hydrogens (primary N) is 1. The minimum absolute atomic E-state index is 0.278. The Hall–Kier alpha value is -2.82. The van der Waals surface area contributed by atoms with E-state index in [0.717, 1.165) is 17.5 Å². The number of nitrogens with one attached hydrogen (secondary N) is 2. The number of aliphatic hydroxyl groups excluding tert-OH is 1. The average molecular weight is 679 g/mol. The number of ether oxygens (including phenoxy) is 1. The Balaban J connectivity index is 0. The molecule has 1 saturated heterocycles. The fraction of sp³-hybridized carbons (Fsp3) is 0.649. The van der Waals surface area contributed by atoms with Gasteiger partial charge in [-0.3, -0.25) is 9.59 Å². The quantitative estimate of drug-likeness (QED) is 0.198. The Labute approximate surface area is 290 Å². The molecule has 1 aromatic carbocycles. The van der Waals surface area contributed by atoms with Crippen LogP contribution in [0.1, 0.15) is 126 Å². The fourth-order valence-corrected chi connectivity index (χ4v) is 5.53. The van der Waals surface area contributed by atoms with Crippen LogP contribution in [0.5, 0.6) is 0 Å². The van der Waals surface area contributed by atoms with Crippen molar-refractivity contribution in [3.8, 4) is 0 Å². The second kappa shape index (κ2) is 23.5. The number of allylic oxidation sites excluding steroid dienone is 2. The summed E-state index contributed by atoms with van der Waals surface area (Å²) in [4.78, 5) is 42.4. The van der Waals surface area contributed by atoms with Crippen molar-refractivity contribution < 1.29 is 24.2 Å². The molecule has 0 spiro atoms. The van der Waals surface area contributed by atoms with Crippen LogP contribution in [0.2, 0.25) is 0 Å². The summed E-state index contributed by atoms with van der Waals surface area (Å²) in [6.07, 6.45) is 3.59. The summed E-state index contributed by atoms with van der Waals surface area (Å²) in [5.41, 5.74) is 6.24. The number of carbonyl (C=O) groups excluding carboxylic acids is 3. The van der Waals surface area contributed by atoms with Gasteiger partial charge in [-0.2, -0.15) is 0 Å². The highest BCUT2D eigenvalue weighted by atomic mass is 32.2. The second-order valence-electron chi connectivity index (χ2n) is 12.7. The molecule has 1 aliphatic rings. The number of benzene rings is 1. The van der Waals surface area contributed by atoms with Crippen LogP contribution >= 0.6 is 11.8 Å². The minimum atomic E-state index is -0.874. The van der Waals surface area contributed by atoms with E-state index in [4.69, 9.17) is 4.74 Å². The maximum absolute atomic E-state index is 13.7. The highest BCUT2D eigenvalue weighted by molar-refractivity contribution is 8.10. The lowest BCUT2D eigenvalue weighted by molar-refractivity contribution is -0.142. The molecule has 9 nitrogen and oxygen atoms in total. The minimum Gasteiger partial charge on any atom is -0.444 e. The molecule has 3 amide bonds. The molecule has 0 radical (unpaired) electrons. The van der Waals surface area contributed by atoms with E-state index >= 15 is 0 Å². The highest BCUT2D eigenvalue weighted by Crippen LogP contribution is 2.33. The SMILES string of the molecule is CC.CC.CC/C=C\SC(=C(C)C)c1ccc(C(CO)NC(=O)[C@@H]2CCCN2C(=O)C(NC(=O)OC(C)(C)C)C(C)(C)C)cc1.CN. The van der Waals surface area contributed by atoms with Crippen molar-refractivity contribution in [1.82, 2.24) is 15.5 Å². The predicted molar refractivity (Wildman–Crippen MR) is 200 cm³/mol. The van der Waals surface area contributed by atoms with E-state index in [2.05, 4.69) is 48.6 Å². The molecule has 1 heterocycles. The predicted octanol–water partition coefficient (Wildman–Crippen LogP) is 7.80. The number of hydrogen-bond donors (Lipinski definition) is 4. The molecule has 1 aromatic rings. The van der Waals surface area contributed by atoms with Gasteiger partial charge in [-0.25, -0.2) is 4.79 Å². The maximum atomic E-state index is 13.7. The molecule has 0 aromatic heterocycles. The topological polar surface area (TPSA) is 134 Å². The van der Waals surface area contributed by atoms with Gasteiger partial charge in [0.1, 0.15) is 17.7 Å². The summed E-state index contributed by atoms with van der Waals surface area (Å²) in [7, 11) is 1.50. The standard InChI is InChI=1S/C32H49N3O5S.2C2H6.CH5N/c1-10-11-19-41-26(21(2)3)23-16-14-22(15-17-23)24(20-36)33-28(37)25-13-12-18-35(25)29(38)27(31(4,5)6)34-30(39)40-32(7,8)9;3*1-2/h11,14-17,19,24-25,27,36H,10,12-13,18,20H2,1-9H3,(H,33,37)(H,34,39);2*1-2H3;2H2,1H3/b19-11-;;;/t24?,25-,27?;;;/m0.../s1. The van der Waals surface area contributed by atoms with Crippen LogP contribution in [-0.4, -0.2) is 65.8 Å². The molecule has 2 rings (SSSR count). The van der Waals surface area contributed by atoms with E-state index in [9.17, 15) is 19.5 Å². The summed E-state index contributed by atoms with van der Waals surface area (Å²) < 4.78 is 5.39. The van der Waals surface area contributed by atoms with E-state index in [0.29, 0.717) is 19.4 Å². The third-order valence-electron chi connectivity index (χ3n) is 6.66. The van der Waals surface area contributed by atoms with Gasteiger partial charge in [-0.05, 0) is 82.9 Å². The van der Waals surface area contributed by atoms with Crippen LogP contribution in [0.25, 0.3) is 4.91 Å². The van der Waals surface area contributed by atoms with Crippen molar-refractivity contribution in [3.05, 3.63) is 52.4 Å². The Morgan fingerprint density at radius 3 is 2.02 bits per heavy atom. The van der Waals surface area contributed by atoms with Crippen molar-refractivity contribution in [3.63, 3.8) is 0 Å². The number of hydrogen-bond acceptors (Lipinski definition) is 7. The second-order valence-corrected chi connectivity index (χ2v) is 13.6. The van der Waals surface area contributed by atoms with E-state index in [1.165, 1.54) is 17.5 Å². The van der Waals surface area contributed by atoms with E-state index < -0.39 is 35.2 Å². The number of rotatable bonds is 10. The summed E-state index contributed by atoms with van der Waals surface area (Å²) in [5, 5.41) is 17.9. The fourth-order valence-electron chi connectivity index (χ4n) is 4.60. The van der Waals surface area contributed by atoms with Gasteiger partial charge >= 0.3 is 6.09 Å². The van der Waals surface area contributed by atoms with Gasteiger partial charge in [-0.15, -0.1) is 0 Å². The van der Waals surface area contributed by atoms with E-state index in [1.807, 2.05) is 72.7 Å². The van der Waals surface area contributed by atoms with Crippen molar-refractivity contribution >= 4 is 34.6 Å². The number of carbonyl (C=O) groups is 3. The Morgan fingerprint density at radius 2 is 1.57 bits per heavy atom. The van der Waals surface area contributed by atoms with Crippen molar-refractivity contribution in [1.29, 1.82) is 0 Å². The molecule has 1 aliphatic heterocycles. The molecule has 0 aliphatic carbocycles. The highest BCUT2D eigenvalue weighted by Gasteiger charge is 2.42. The number of likely N-dealkylation sites (tertiary alicyclic amines) is 1. The van der Waals surface area contributed by atoms with Crippen molar-refractivity contribution in [2.24, 2.45) is 11.1 Å². The van der Waals surface area contributed by atoms with Gasteiger partial charge in [-0.1, -0.05) is 103 Å². The zero-order chi connectivity index (χ0) is 37.0. The third kappa shape index (κ3) is 16.2. The van der Waals surface area contributed by atoms with Gasteiger partial charge in [0.25, 0.3) is 0 Å². The smallest absolute Gasteiger partial charge is 0.408 e. The summed E-state index contributed by atoms with van der Waals surface area (Å²) in [6, 6.07) is 5.65. The largest absolute Gasteiger partial charge is 0.444 e. The van der Waals surface area contributed by atoms with Gasteiger partial charge < -0.3 is 31.1 Å². The molecule has 270 valence electrons. The first-order valence-electron chi connectivity index (χ1n) is 17.0.